The topological polar surface area (TPSA) is 53.6 Å². The molecule has 1 aliphatic carbocycles. The number of hydroxylamine groups is 1. The quantitative estimate of drug-likeness (QED) is 0.762. The van der Waals surface area contributed by atoms with Gasteiger partial charge < -0.3 is 5.32 Å². The Labute approximate surface area is 122 Å². The highest BCUT2D eigenvalue weighted by molar-refractivity contribution is 5.72. The van der Waals surface area contributed by atoms with Gasteiger partial charge in [-0.15, -0.1) is 0 Å². The molecule has 0 unspecified atom stereocenters. The van der Waals surface area contributed by atoms with Crippen LogP contribution in [0, 0.1) is 0 Å². The van der Waals surface area contributed by atoms with Gasteiger partial charge in [0.2, 0.25) is 0 Å². The summed E-state index contributed by atoms with van der Waals surface area (Å²) in [7, 11) is 0. The van der Waals surface area contributed by atoms with Crippen LogP contribution in [-0.4, -0.2) is 42.7 Å². The number of hydrogen-bond donors (Lipinski definition) is 2. The SMILES string of the molecule is CCONC(=O)NCC1(N2CCCCC2)CCCCC1. The Morgan fingerprint density at radius 3 is 2.40 bits per heavy atom. The molecular weight excluding hydrogens is 254 g/mol. The number of piperidine rings is 1. The molecule has 116 valence electrons. The van der Waals surface area contributed by atoms with E-state index >= 15 is 0 Å². The van der Waals surface area contributed by atoms with Crippen LogP contribution in [0.5, 0.6) is 0 Å². The first kappa shape index (κ1) is 15.6. The third-order valence-corrected chi connectivity index (χ3v) is 4.70. The molecule has 2 amide bonds. The maximum Gasteiger partial charge on any atom is 0.338 e. The lowest BCUT2D eigenvalue weighted by atomic mass is 9.79. The molecule has 0 aromatic carbocycles. The molecule has 0 aromatic rings. The number of carbonyl (C=O) groups is 1. The highest BCUT2D eigenvalue weighted by Gasteiger charge is 2.38. The van der Waals surface area contributed by atoms with E-state index in [4.69, 9.17) is 4.84 Å². The van der Waals surface area contributed by atoms with Gasteiger partial charge in [0, 0.05) is 12.1 Å². The van der Waals surface area contributed by atoms with Crippen LogP contribution in [0.2, 0.25) is 0 Å². The number of rotatable bonds is 5. The first-order valence-electron chi connectivity index (χ1n) is 8.17. The summed E-state index contributed by atoms with van der Waals surface area (Å²) in [4.78, 5) is 19.3. The minimum atomic E-state index is -0.214. The number of likely N-dealkylation sites (tertiary alicyclic amines) is 1. The van der Waals surface area contributed by atoms with Crippen molar-refractivity contribution in [1.29, 1.82) is 0 Å². The van der Waals surface area contributed by atoms with Crippen molar-refractivity contribution in [2.75, 3.05) is 26.2 Å². The maximum atomic E-state index is 11.7. The van der Waals surface area contributed by atoms with Crippen LogP contribution < -0.4 is 10.8 Å². The number of hydrogen-bond acceptors (Lipinski definition) is 3. The first-order chi connectivity index (χ1) is 9.77. The maximum absolute atomic E-state index is 11.7. The van der Waals surface area contributed by atoms with Crippen LogP contribution >= 0.6 is 0 Å². The summed E-state index contributed by atoms with van der Waals surface area (Å²) in [6.07, 6.45) is 10.3. The van der Waals surface area contributed by atoms with Crippen molar-refractivity contribution in [3.63, 3.8) is 0 Å². The normalized spacial score (nSPS) is 23.2. The molecule has 2 N–H and O–H groups in total. The fourth-order valence-electron chi connectivity index (χ4n) is 3.60. The summed E-state index contributed by atoms with van der Waals surface area (Å²) in [5, 5.41) is 3.01. The molecule has 2 fully saturated rings. The van der Waals surface area contributed by atoms with Gasteiger partial charge >= 0.3 is 6.03 Å². The summed E-state index contributed by atoms with van der Waals surface area (Å²) in [5.41, 5.74) is 2.61. The second-order valence-corrected chi connectivity index (χ2v) is 6.05. The van der Waals surface area contributed by atoms with Crippen LogP contribution in [-0.2, 0) is 4.84 Å². The Kier molecular flexibility index (Phi) is 6.10. The summed E-state index contributed by atoms with van der Waals surface area (Å²) in [6.45, 7) is 5.47. The van der Waals surface area contributed by atoms with Crippen LogP contribution in [0.3, 0.4) is 0 Å². The van der Waals surface area contributed by atoms with Crippen molar-refractivity contribution in [1.82, 2.24) is 15.7 Å². The van der Waals surface area contributed by atoms with E-state index in [1.165, 1.54) is 64.5 Å². The van der Waals surface area contributed by atoms with Crippen molar-refractivity contribution < 1.29 is 9.63 Å². The molecule has 0 radical (unpaired) electrons. The van der Waals surface area contributed by atoms with Gasteiger partial charge in [0.05, 0.1) is 6.61 Å². The van der Waals surface area contributed by atoms with Gasteiger partial charge in [-0.2, -0.15) is 0 Å². The van der Waals surface area contributed by atoms with E-state index in [-0.39, 0.29) is 11.6 Å². The predicted molar refractivity (Wildman–Crippen MR) is 79.4 cm³/mol. The van der Waals surface area contributed by atoms with Gasteiger partial charge in [-0.25, -0.2) is 10.3 Å². The predicted octanol–water partition coefficient (Wildman–Crippen LogP) is 2.43. The van der Waals surface area contributed by atoms with Crippen molar-refractivity contribution in [3.05, 3.63) is 0 Å². The number of nitrogens with zero attached hydrogens (tertiary/aromatic N) is 1. The van der Waals surface area contributed by atoms with Crippen LogP contribution in [0.15, 0.2) is 0 Å². The molecular formula is C15H29N3O2. The van der Waals surface area contributed by atoms with E-state index in [2.05, 4.69) is 15.7 Å². The number of nitrogens with one attached hydrogen (secondary N) is 2. The molecule has 1 heterocycles. The first-order valence-corrected chi connectivity index (χ1v) is 8.17. The Bertz CT molecular complexity index is 297. The van der Waals surface area contributed by atoms with Gasteiger partial charge in [-0.3, -0.25) is 9.74 Å². The molecule has 1 saturated heterocycles. The Balaban J connectivity index is 1.90. The summed E-state index contributed by atoms with van der Waals surface area (Å²) in [6, 6.07) is -0.214. The highest BCUT2D eigenvalue weighted by atomic mass is 16.7. The second kappa shape index (κ2) is 7.84. The highest BCUT2D eigenvalue weighted by Crippen LogP contribution is 2.35. The van der Waals surface area contributed by atoms with E-state index in [9.17, 15) is 4.79 Å². The smallest absolute Gasteiger partial charge is 0.335 e. The zero-order chi connectivity index (χ0) is 14.3. The fraction of sp³-hybridized carbons (Fsp3) is 0.933. The Morgan fingerprint density at radius 1 is 1.10 bits per heavy atom. The number of urea groups is 1. The third kappa shape index (κ3) is 4.09. The average Bonchev–Trinajstić information content (AvgIpc) is 2.52. The zero-order valence-corrected chi connectivity index (χ0v) is 12.7. The van der Waals surface area contributed by atoms with E-state index in [0.717, 1.165) is 6.54 Å². The van der Waals surface area contributed by atoms with E-state index < -0.39 is 0 Å². The molecule has 2 aliphatic rings. The number of carbonyl (C=O) groups excluding carboxylic acids is 1. The Morgan fingerprint density at radius 2 is 1.75 bits per heavy atom. The van der Waals surface area contributed by atoms with Gasteiger partial charge in [0.1, 0.15) is 0 Å². The van der Waals surface area contributed by atoms with E-state index in [0.29, 0.717) is 6.61 Å². The Hall–Kier alpha value is -0.810. The lowest BCUT2D eigenvalue weighted by Crippen LogP contribution is -2.58. The average molecular weight is 283 g/mol. The van der Waals surface area contributed by atoms with Gasteiger partial charge in [-0.05, 0) is 45.7 Å². The summed E-state index contributed by atoms with van der Waals surface area (Å²) >= 11 is 0. The van der Waals surface area contributed by atoms with Gasteiger partial charge in [0.25, 0.3) is 0 Å². The minimum Gasteiger partial charge on any atom is -0.335 e. The van der Waals surface area contributed by atoms with E-state index in [1.54, 1.807) is 0 Å². The molecule has 1 aliphatic heterocycles. The number of amides is 2. The van der Waals surface area contributed by atoms with Crippen molar-refractivity contribution in [2.24, 2.45) is 0 Å². The van der Waals surface area contributed by atoms with Crippen LogP contribution in [0.4, 0.5) is 4.79 Å². The lowest BCUT2D eigenvalue weighted by Gasteiger charge is -2.48. The van der Waals surface area contributed by atoms with Crippen molar-refractivity contribution in [3.8, 4) is 0 Å². The van der Waals surface area contributed by atoms with Gasteiger partial charge in [-0.1, -0.05) is 25.7 Å². The summed E-state index contributed by atoms with van der Waals surface area (Å²) < 4.78 is 0. The fourth-order valence-corrected chi connectivity index (χ4v) is 3.60. The largest absolute Gasteiger partial charge is 0.338 e. The monoisotopic (exact) mass is 283 g/mol. The zero-order valence-electron chi connectivity index (χ0n) is 12.7. The van der Waals surface area contributed by atoms with Crippen molar-refractivity contribution >= 4 is 6.03 Å². The lowest BCUT2D eigenvalue weighted by molar-refractivity contribution is 0.0311. The molecule has 5 heteroatoms. The molecule has 20 heavy (non-hydrogen) atoms. The molecule has 0 aromatic heterocycles. The molecule has 0 bridgehead atoms. The van der Waals surface area contributed by atoms with Crippen molar-refractivity contribution in [2.45, 2.75) is 63.8 Å². The molecule has 1 saturated carbocycles. The van der Waals surface area contributed by atoms with Crippen LogP contribution in [0.25, 0.3) is 0 Å². The summed E-state index contributed by atoms with van der Waals surface area (Å²) in [5.74, 6) is 0. The second-order valence-electron chi connectivity index (χ2n) is 6.05. The minimum absolute atomic E-state index is 0.183. The molecule has 0 atom stereocenters. The molecule has 5 nitrogen and oxygen atoms in total. The van der Waals surface area contributed by atoms with E-state index in [1.807, 2.05) is 6.92 Å². The molecule has 0 spiro atoms. The van der Waals surface area contributed by atoms with Crippen LogP contribution in [0.1, 0.15) is 58.3 Å². The molecule has 2 rings (SSSR count). The van der Waals surface area contributed by atoms with Gasteiger partial charge in [0.15, 0.2) is 0 Å². The third-order valence-electron chi connectivity index (χ3n) is 4.70. The standard InChI is InChI=1S/C15H29N3O2/c1-2-20-17-14(19)16-13-15(9-5-3-6-10-15)18-11-7-4-8-12-18/h2-13H2,1H3,(H2,16,17,19).